The Bertz CT molecular complexity index is 376. The molecule has 0 aromatic heterocycles. The highest BCUT2D eigenvalue weighted by Crippen LogP contribution is 2.24. The molecule has 4 atom stereocenters. The molecule has 1 aliphatic heterocycles. The van der Waals surface area contributed by atoms with Crippen molar-refractivity contribution in [2.45, 2.75) is 50.0 Å². The molecule has 0 spiro atoms. The van der Waals surface area contributed by atoms with Crippen LogP contribution in [-0.2, 0) is 14.3 Å². The third-order valence-electron chi connectivity index (χ3n) is 4.21. The van der Waals surface area contributed by atoms with Crippen LogP contribution in [0.4, 0.5) is 4.79 Å². The van der Waals surface area contributed by atoms with Crippen LogP contribution in [0.5, 0.6) is 0 Å². The Labute approximate surface area is 118 Å². The summed E-state index contributed by atoms with van der Waals surface area (Å²) in [5, 5.41) is 12.1. The lowest BCUT2D eigenvalue weighted by Crippen LogP contribution is -2.51. The number of carboxylic acids is 1. The number of aliphatic carboxylic acids is 1. The molecule has 1 saturated heterocycles. The molecule has 4 unspecified atom stereocenters. The summed E-state index contributed by atoms with van der Waals surface area (Å²) >= 11 is 0. The molecule has 2 amide bonds. The number of methoxy groups -OCH3 is 2. The van der Waals surface area contributed by atoms with E-state index >= 15 is 0 Å². The number of rotatable bonds is 4. The van der Waals surface area contributed by atoms with E-state index in [0.29, 0.717) is 13.0 Å². The summed E-state index contributed by atoms with van der Waals surface area (Å²) in [5.41, 5.74) is 0. The van der Waals surface area contributed by atoms with Gasteiger partial charge in [0.15, 0.2) is 0 Å². The van der Waals surface area contributed by atoms with E-state index in [0.717, 1.165) is 19.3 Å². The van der Waals surface area contributed by atoms with Crippen molar-refractivity contribution in [2.24, 2.45) is 0 Å². The zero-order chi connectivity index (χ0) is 14.7. The number of amides is 2. The molecule has 2 fully saturated rings. The minimum absolute atomic E-state index is 0.0167. The maximum Gasteiger partial charge on any atom is 0.326 e. The maximum atomic E-state index is 12.3. The van der Waals surface area contributed by atoms with Gasteiger partial charge >= 0.3 is 12.0 Å². The SMILES string of the molecule is COC1CC(C(=O)O)N(C(=O)NC2CCCC2OC)C1. The number of hydrogen-bond acceptors (Lipinski definition) is 4. The predicted octanol–water partition coefficient (Wildman–Crippen LogP) is 0.437. The molecule has 20 heavy (non-hydrogen) atoms. The summed E-state index contributed by atoms with van der Waals surface area (Å²) in [6.07, 6.45) is 2.92. The van der Waals surface area contributed by atoms with Crippen molar-refractivity contribution in [3.63, 3.8) is 0 Å². The van der Waals surface area contributed by atoms with Crippen LogP contribution < -0.4 is 5.32 Å². The Hall–Kier alpha value is -1.34. The summed E-state index contributed by atoms with van der Waals surface area (Å²) in [4.78, 5) is 24.9. The molecule has 1 saturated carbocycles. The lowest BCUT2D eigenvalue weighted by atomic mass is 10.2. The molecular weight excluding hydrogens is 264 g/mol. The van der Waals surface area contributed by atoms with Crippen LogP contribution in [0.2, 0.25) is 0 Å². The van der Waals surface area contributed by atoms with Gasteiger partial charge in [-0.25, -0.2) is 9.59 Å². The van der Waals surface area contributed by atoms with Gasteiger partial charge in [-0.3, -0.25) is 0 Å². The van der Waals surface area contributed by atoms with E-state index < -0.39 is 12.0 Å². The lowest BCUT2D eigenvalue weighted by molar-refractivity contribution is -0.141. The summed E-state index contributed by atoms with van der Waals surface area (Å²) in [6, 6.07) is -1.20. The summed E-state index contributed by atoms with van der Waals surface area (Å²) in [5.74, 6) is -0.991. The largest absolute Gasteiger partial charge is 0.480 e. The second kappa shape index (κ2) is 6.41. The highest BCUT2D eigenvalue weighted by atomic mass is 16.5. The molecule has 7 heteroatoms. The van der Waals surface area contributed by atoms with Crippen molar-refractivity contribution in [1.82, 2.24) is 10.2 Å². The van der Waals surface area contributed by atoms with Gasteiger partial charge in [-0.2, -0.15) is 0 Å². The summed E-state index contributed by atoms with van der Waals surface area (Å²) in [6.45, 7) is 0.309. The van der Waals surface area contributed by atoms with E-state index in [1.165, 1.54) is 12.0 Å². The highest BCUT2D eigenvalue weighted by Gasteiger charge is 2.41. The first kappa shape index (κ1) is 15.1. The Morgan fingerprint density at radius 3 is 2.60 bits per heavy atom. The van der Waals surface area contributed by atoms with Crippen LogP contribution >= 0.6 is 0 Å². The molecule has 114 valence electrons. The van der Waals surface area contributed by atoms with E-state index in [1.807, 2.05) is 0 Å². The number of urea groups is 1. The normalized spacial score (nSPS) is 33.4. The molecule has 1 heterocycles. The van der Waals surface area contributed by atoms with Crippen molar-refractivity contribution in [3.05, 3.63) is 0 Å². The number of nitrogens with one attached hydrogen (secondary N) is 1. The van der Waals surface area contributed by atoms with Crippen molar-refractivity contribution >= 4 is 12.0 Å². The molecule has 2 aliphatic rings. The molecule has 2 N–H and O–H groups in total. The van der Waals surface area contributed by atoms with E-state index in [4.69, 9.17) is 9.47 Å². The summed E-state index contributed by atoms with van der Waals surface area (Å²) in [7, 11) is 3.16. The average Bonchev–Trinajstić information content (AvgIpc) is 3.04. The number of likely N-dealkylation sites (tertiary alicyclic amines) is 1. The molecule has 0 radical (unpaired) electrons. The Kier molecular flexibility index (Phi) is 4.82. The van der Waals surface area contributed by atoms with Gasteiger partial charge in [-0.05, 0) is 19.3 Å². The van der Waals surface area contributed by atoms with Crippen molar-refractivity contribution in [1.29, 1.82) is 0 Å². The minimum Gasteiger partial charge on any atom is -0.480 e. The number of ether oxygens (including phenoxy) is 2. The molecule has 0 aromatic carbocycles. The Morgan fingerprint density at radius 2 is 2.00 bits per heavy atom. The van der Waals surface area contributed by atoms with Gasteiger partial charge in [0.1, 0.15) is 6.04 Å². The first-order valence-corrected chi connectivity index (χ1v) is 6.92. The zero-order valence-corrected chi connectivity index (χ0v) is 11.9. The van der Waals surface area contributed by atoms with Crippen molar-refractivity contribution in [2.75, 3.05) is 20.8 Å². The molecule has 0 bridgehead atoms. The van der Waals surface area contributed by atoms with E-state index in [-0.39, 0.29) is 24.3 Å². The van der Waals surface area contributed by atoms with E-state index in [9.17, 15) is 14.7 Å². The topological polar surface area (TPSA) is 88.1 Å². The minimum atomic E-state index is -0.991. The van der Waals surface area contributed by atoms with E-state index in [1.54, 1.807) is 7.11 Å². The Morgan fingerprint density at radius 1 is 1.25 bits per heavy atom. The van der Waals surface area contributed by atoms with E-state index in [2.05, 4.69) is 5.32 Å². The number of carbonyl (C=O) groups is 2. The Balaban J connectivity index is 1.98. The highest BCUT2D eigenvalue weighted by molar-refractivity contribution is 5.83. The number of nitrogens with zero attached hydrogens (tertiary/aromatic N) is 1. The van der Waals surface area contributed by atoms with Gasteiger partial charge < -0.3 is 24.8 Å². The first-order valence-electron chi connectivity index (χ1n) is 6.92. The number of carbonyl (C=O) groups excluding carboxylic acids is 1. The van der Waals surface area contributed by atoms with Gasteiger partial charge in [0.2, 0.25) is 0 Å². The van der Waals surface area contributed by atoms with Crippen LogP contribution in [0.25, 0.3) is 0 Å². The van der Waals surface area contributed by atoms with Gasteiger partial charge in [0, 0.05) is 27.2 Å². The van der Waals surface area contributed by atoms with Crippen LogP contribution in [0.15, 0.2) is 0 Å². The van der Waals surface area contributed by atoms with Gasteiger partial charge in [0.25, 0.3) is 0 Å². The van der Waals surface area contributed by atoms with Crippen LogP contribution in [0, 0.1) is 0 Å². The second-order valence-electron chi connectivity index (χ2n) is 5.36. The monoisotopic (exact) mass is 286 g/mol. The number of hydrogen-bond donors (Lipinski definition) is 2. The lowest BCUT2D eigenvalue weighted by Gasteiger charge is -2.26. The number of carboxylic acid groups (broad SMARTS) is 1. The van der Waals surface area contributed by atoms with Crippen molar-refractivity contribution < 1.29 is 24.2 Å². The third-order valence-corrected chi connectivity index (χ3v) is 4.21. The summed E-state index contributed by atoms with van der Waals surface area (Å²) < 4.78 is 10.5. The fourth-order valence-corrected chi connectivity index (χ4v) is 3.04. The smallest absolute Gasteiger partial charge is 0.326 e. The second-order valence-corrected chi connectivity index (χ2v) is 5.36. The van der Waals surface area contributed by atoms with Gasteiger partial charge in [0.05, 0.1) is 18.2 Å². The molecule has 1 aliphatic carbocycles. The zero-order valence-electron chi connectivity index (χ0n) is 11.9. The molecule has 2 rings (SSSR count). The maximum absolute atomic E-state index is 12.3. The average molecular weight is 286 g/mol. The van der Waals surface area contributed by atoms with Crippen LogP contribution in [0.3, 0.4) is 0 Å². The molecular formula is C13H22N2O5. The predicted molar refractivity (Wildman–Crippen MR) is 70.5 cm³/mol. The fourth-order valence-electron chi connectivity index (χ4n) is 3.04. The van der Waals surface area contributed by atoms with Crippen LogP contribution in [-0.4, -0.2) is 67.1 Å². The third kappa shape index (κ3) is 3.04. The fraction of sp³-hybridized carbons (Fsp3) is 0.846. The molecule has 7 nitrogen and oxygen atoms in total. The van der Waals surface area contributed by atoms with Crippen LogP contribution in [0.1, 0.15) is 25.7 Å². The van der Waals surface area contributed by atoms with Gasteiger partial charge in [-0.1, -0.05) is 0 Å². The van der Waals surface area contributed by atoms with Gasteiger partial charge in [-0.15, -0.1) is 0 Å². The standard InChI is InChI=1S/C13H22N2O5/c1-19-8-6-10(12(16)17)15(7-8)13(18)14-9-4-3-5-11(9)20-2/h8-11H,3-7H2,1-2H3,(H,14,18)(H,16,17). The quantitative estimate of drug-likeness (QED) is 0.783. The molecule has 0 aromatic rings. The van der Waals surface area contributed by atoms with Crippen molar-refractivity contribution in [3.8, 4) is 0 Å². The first-order chi connectivity index (χ1) is 9.56.